The lowest BCUT2D eigenvalue weighted by Crippen LogP contribution is -2.41. The standard InChI is InChI=1S/C19H18N2O4/c20-12-11-17(18(22)24-13-15-7-3-1-4-8-15)21-19(23)25-14-16-9-5-2-6-10-16/h1-10,17H,11,13-14H2,(H,21,23)/t17-/m0/s1. The largest absolute Gasteiger partial charge is 0.459 e. The fraction of sp³-hybridized carbons (Fsp3) is 0.211. The van der Waals surface area contributed by atoms with Gasteiger partial charge in [0.05, 0.1) is 12.5 Å². The van der Waals surface area contributed by atoms with Crippen LogP contribution in [-0.2, 0) is 27.5 Å². The van der Waals surface area contributed by atoms with Crippen molar-refractivity contribution < 1.29 is 19.1 Å². The number of rotatable bonds is 7. The van der Waals surface area contributed by atoms with Gasteiger partial charge in [-0.05, 0) is 11.1 Å². The molecule has 1 N–H and O–H groups in total. The molecule has 0 aliphatic rings. The summed E-state index contributed by atoms with van der Waals surface area (Å²) in [4.78, 5) is 23.9. The zero-order valence-electron chi connectivity index (χ0n) is 13.6. The fourth-order valence-corrected chi connectivity index (χ4v) is 2.02. The summed E-state index contributed by atoms with van der Waals surface area (Å²) in [6.07, 6.45) is -0.977. The Labute approximate surface area is 146 Å². The SMILES string of the molecule is N#CC[C@H](NC(=O)OCc1ccccc1)C(=O)OCc1ccccc1. The van der Waals surface area contributed by atoms with E-state index in [0.29, 0.717) is 0 Å². The monoisotopic (exact) mass is 338 g/mol. The van der Waals surface area contributed by atoms with E-state index in [0.717, 1.165) is 11.1 Å². The van der Waals surface area contributed by atoms with Gasteiger partial charge in [-0.25, -0.2) is 9.59 Å². The minimum atomic E-state index is -1.07. The fourth-order valence-electron chi connectivity index (χ4n) is 2.02. The van der Waals surface area contributed by atoms with Crippen LogP contribution in [0.25, 0.3) is 0 Å². The van der Waals surface area contributed by atoms with E-state index >= 15 is 0 Å². The molecule has 0 bridgehead atoms. The van der Waals surface area contributed by atoms with Gasteiger partial charge in [0.2, 0.25) is 0 Å². The smallest absolute Gasteiger partial charge is 0.408 e. The zero-order chi connectivity index (χ0) is 17.9. The summed E-state index contributed by atoms with van der Waals surface area (Å²) in [7, 11) is 0. The van der Waals surface area contributed by atoms with E-state index in [1.807, 2.05) is 66.7 Å². The molecule has 0 aliphatic heterocycles. The highest BCUT2D eigenvalue weighted by Crippen LogP contribution is 2.05. The maximum absolute atomic E-state index is 12.1. The number of nitriles is 1. The Morgan fingerprint density at radius 2 is 1.44 bits per heavy atom. The van der Waals surface area contributed by atoms with Crippen LogP contribution >= 0.6 is 0 Å². The lowest BCUT2D eigenvalue weighted by Gasteiger charge is -2.15. The third-order valence-corrected chi connectivity index (χ3v) is 3.31. The van der Waals surface area contributed by atoms with Crippen molar-refractivity contribution in [1.29, 1.82) is 5.26 Å². The van der Waals surface area contributed by atoms with Gasteiger partial charge in [-0.1, -0.05) is 60.7 Å². The molecule has 128 valence electrons. The minimum absolute atomic E-state index is 0.0718. The Morgan fingerprint density at radius 1 is 0.920 bits per heavy atom. The molecule has 0 unspecified atom stereocenters. The second-order valence-electron chi connectivity index (χ2n) is 5.21. The number of amides is 1. The number of nitrogens with zero attached hydrogens (tertiary/aromatic N) is 1. The van der Waals surface area contributed by atoms with Crippen molar-refractivity contribution in [3.05, 3.63) is 71.8 Å². The van der Waals surface area contributed by atoms with Gasteiger partial charge >= 0.3 is 12.1 Å². The van der Waals surface area contributed by atoms with Crippen LogP contribution in [0.2, 0.25) is 0 Å². The van der Waals surface area contributed by atoms with E-state index < -0.39 is 18.1 Å². The number of hydrogen-bond donors (Lipinski definition) is 1. The van der Waals surface area contributed by atoms with Gasteiger partial charge in [-0.2, -0.15) is 5.26 Å². The number of ether oxygens (including phenoxy) is 2. The molecule has 2 rings (SSSR count). The molecular formula is C19H18N2O4. The van der Waals surface area contributed by atoms with Crippen LogP contribution in [0.3, 0.4) is 0 Å². The number of alkyl carbamates (subject to hydrolysis) is 1. The molecule has 1 atom stereocenters. The first-order valence-electron chi connectivity index (χ1n) is 7.74. The highest BCUT2D eigenvalue weighted by atomic mass is 16.6. The molecule has 0 aliphatic carbocycles. The van der Waals surface area contributed by atoms with E-state index in [4.69, 9.17) is 14.7 Å². The predicted molar refractivity (Wildman–Crippen MR) is 90.0 cm³/mol. The molecule has 2 aromatic rings. The Morgan fingerprint density at radius 3 is 1.96 bits per heavy atom. The van der Waals surface area contributed by atoms with Gasteiger partial charge in [0.25, 0.3) is 0 Å². The summed E-state index contributed by atoms with van der Waals surface area (Å²) in [6.45, 7) is 0.146. The van der Waals surface area contributed by atoms with Gasteiger partial charge in [0.15, 0.2) is 0 Å². The topological polar surface area (TPSA) is 88.4 Å². The van der Waals surface area contributed by atoms with E-state index in [-0.39, 0.29) is 19.6 Å². The molecule has 6 nitrogen and oxygen atoms in total. The summed E-state index contributed by atoms with van der Waals surface area (Å²) < 4.78 is 10.2. The Balaban J connectivity index is 1.83. The van der Waals surface area contributed by atoms with Crippen molar-refractivity contribution in [2.75, 3.05) is 0 Å². The number of carbonyl (C=O) groups is 2. The van der Waals surface area contributed by atoms with E-state index in [9.17, 15) is 9.59 Å². The molecule has 1 amide bonds. The Hall–Kier alpha value is -3.33. The number of esters is 1. The molecule has 0 saturated heterocycles. The maximum Gasteiger partial charge on any atom is 0.408 e. The average molecular weight is 338 g/mol. The summed E-state index contributed by atoms with van der Waals surface area (Å²) in [6, 6.07) is 19.1. The molecule has 0 fully saturated rings. The molecular weight excluding hydrogens is 320 g/mol. The van der Waals surface area contributed by atoms with Crippen molar-refractivity contribution in [2.45, 2.75) is 25.7 Å². The summed E-state index contributed by atoms with van der Waals surface area (Å²) in [5.74, 6) is -0.679. The number of hydrogen-bond acceptors (Lipinski definition) is 5. The van der Waals surface area contributed by atoms with Gasteiger partial charge < -0.3 is 14.8 Å². The molecule has 25 heavy (non-hydrogen) atoms. The van der Waals surface area contributed by atoms with Crippen molar-refractivity contribution >= 4 is 12.1 Å². The van der Waals surface area contributed by atoms with Gasteiger partial charge in [0, 0.05) is 0 Å². The normalized spacial score (nSPS) is 11.0. The molecule has 0 aromatic heterocycles. The molecule has 2 aromatic carbocycles. The van der Waals surface area contributed by atoms with Crippen molar-refractivity contribution in [1.82, 2.24) is 5.32 Å². The molecule has 0 heterocycles. The summed E-state index contributed by atoms with van der Waals surface area (Å²) >= 11 is 0. The average Bonchev–Trinajstić information content (AvgIpc) is 2.66. The quantitative estimate of drug-likeness (QED) is 0.784. The molecule has 6 heteroatoms. The van der Waals surface area contributed by atoms with E-state index in [2.05, 4.69) is 5.32 Å². The lowest BCUT2D eigenvalue weighted by atomic mass is 10.2. The number of carbonyl (C=O) groups excluding carboxylic acids is 2. The highest BCUT2D eigenvalue weighted by Gasteiger charge is 2.23. The zero-order valence-corrected chi connectivity index (χ0v) is 13.6. The van der Waals surface area contributed by atoms with Crippen molar-refractivity contribution in [3.63, 3.8) is 0 Å². The first-order chi connectivity index (χ1) is 12.2. The minimum Gasteiger partial charge on any atom is -0.459 e. The van der Waals surface area contributed by atoms with Crippen LogP contribution in [0, 0.1) is 11.3 Å². The Kier molecular flexibility index (Phi) is 7.01. The second-order valence-corrected chi connectivity index (χ2v) is 5.21. The summed E-state index contributed by atoms with van der Waals surface area (Å²) in [5.41, 5.74) is 1.64. The van der Waals surface area contributed by atoms with Crippen LogP contribution in [-0.4, -0.2) is 18.1 Å². The number of benzene rings is 2. The first-order valence-corrected chi connectivity index (χ1v) is 7.74. The predicted octanol–water partition coefficient (Wildman–Crippen LogP) is 2.94. The maximum atomic E-state index is 12.1. The Bertz CT molecular complexity index is 726. The second kappa shape index (κ2) is 9.73. The van der Waals surface area contributed by atoms with E-state index in [1.165, 1.54) is 0 Å². The van der Waals surface area contributed by atoms with Crippen molar-refractivity contribution in [2.24, 2.45) is 0 Å². The van der Waals surface area contributed by atoms with Crippen LogP contribution in [0.5, 0.6) is 0 Å². The summed E-state index contributed by atoms with van der Waals surface area (Å²) in [5, 5.41) is 11.2. The van der Waals surface area contributed by atoms with Gasteiger partial charge in [-0.3, -0.25) is 0 Å². The van der Waals surface area contributed by atoms with Crippen molar-refractivity contribution in [3.8, 4) is 6.07 Å². The lowest BCUT2D eigenvalue weighted by molar-refractivity contribution is -0.147. The van der Waals surface area contributed by atoms with Crippen LogP contribution in [0.4, 0.5) is 4.79 Å². The third-order valence-electron chi connectivity index (χ3n) is 3.31. The van der Waals surface area contributed by atoms with Crippen LogP contribution < -0.4 is 5.32 Å². The molecule has 0 saturated carbocycles. The highest BCUT2D eigenvalue weighted by molar-refractivity contribution is 5.81. The van der Waals surface area contributed by atoms with Crippen LogP contribution in [0.15, 0.2) is 60.7 Å². The first kappa shape index (κ1) is 18.0. The molecule has 0 spiro atoms. The van der Waals surface area contributed by atoms with Crippen LogP contribution in [0.1, 0.15) is 17.5 Å². The van der Waals surface area contributed by atoms with E-state index in [1.54, 1.807) is 0 Å². The third kappa shape index (κ3) is 6.36. The van der Waals surface area contributed by atoms with Gasteiger partial charge in [-0.15, -0.1) is 0 Å². The van der Waals surface area contributed by atoms with Gasteiger partial charge in [0.1, 0.15) is 19.3 Å². The number of nitrogens with one attached hydrogen (secondary N) is 1. The molecule has 0 radical (unpaired) electrons.